The lowest BCUT2D eigenvalue weighted by Crippen LogP contribution is -2.08. The van der Waals surface area contributed by atoms with Crippen LogP contribution in [0, 0.1) is 5.92 Å². The van der Waals surface area contributed by atoms with Crippen molar-refractivity contribution in [1.29, 1.82) is 0 Å². The highest BCUT2D eigenvalue weighted by Crippen LogP contribution is 2.45. The summed E-state index contributed by atoms with van der Waals surface area (Å²) in [5, 5.41) is 0. The number of aliphatic imine (C=N–C) groups is 1. The quantitative estimate of drug-likeness (QED) is 0.650. The van der Waals surface area contributed by atoms with Crippen LogP contribution < -0.4 is 0 Å². The molecule has 0 atom stereocenters. The zero-order valence-corrected chi connectivity index (χ0v) is 12.3. The van der Waals surface area contributed by atoms with Crippen molar-refractivity contribution in [2.75, 3.05) is 0 Å². The van der Waals surface area contributed by atoms with Gasteiger partial charge in [-0.25, -0.2) is 0 Å². The maximum atomic E-state index is 5.00. The molecule has 0 bridgehead atoms. The first kappa shape index (κ1) is 12.8. The summed E-state index contributed by atoms with van der Waals surface area (Å²) >= 11 is 0. The Morgan fingerprint density at radius 1 is 0.762 bits per heavy atom. The van der Waals surface area contributed by atoms with Gasteiger partial charge in [0.15, 0.2) is 0 Å². The van der Waals surface area contributed by atoms with Crippen LogP contribution in [0.15, 0.2) is 53.5 Å². The van der Waals surface area contributed by atoms with E-state index in [9.17, 15) is 0 Å². The van der Waals surface area contributed by atoms with Crippen molar-refractivity contribution >= 4 is 6.21 Å². The van der Waals surface area contributed by atoms with E-state index in [1.54, 1.807) is 0 Å². The Labute approximate surface area is 126 Å². The second kappa shape index (κ2) is 5.48. The Hall–Kier alpha value is -1.89. The number of rotatable bonds is 2. The van der Waals surface area contributed by atoms with E-state index in [0.29, 0.717) is 5.92 Å². The Morgan fingerprint density at radius 2 is 1.33 bits per heavy atom. The maximum absolute atomic E-state index is 5.00. The van der Waals surface area contributed by atoms with Crippen LogP contribution in [-0.2, 0) is 0 Å². The van der Waals surface area contributed by atoms with Crippen molar-refractivity contribution in [3.05, 3.63) is 59.7 Å². The Balaban J connectivity index is 1.69. The van der Waals surface area contributed by atoms with Gasteiger partial charge in [-0.3, -0.25) is 4.99 Å². The smallest absolute Gasteiger partial charge is 0.101 e. The van der Waals surface area contributed by atoms with Gasteiger partial charge in [-0.05, 0) is 41.0 Å². The highest BCUT2D eigenvalue weighted by atomic mass is 14.8. The van der Waals surface area contributed by atoms with Crippen LogP contribution in [0.25, 0.3) is 11.1 Å². The van der Waals surface area contributed by atoms with Crippen LogP contribution in [0.2, 0.25) is 0 Å². The standard InChI is InChI=1S/C20H21N/c1-2-8-15(9-3-1)14-21-20-18-12-6-4-10-16(18)17-11-5-7-13-19(17)20/h4-7,10-15,20H,1-3,8-9H2. The lowest BCUT2D eigenvalue weighted by atomic mass is 9.90. The lowest BCUT2D eigenvalue weighted by molar-refractivity contribution is 0.444. The molecule has 4 rings (SSSR count). The Kier molecular flexibility index (Phi) is 3.34. The van der Waals surface area contributed by atoms with Gasteiger partial charge in [-0.1, -0.05) is 67.8 Å². The third-order valence-electron chi connectivity index (χ3n) is 4.90. The van der Waals surface area contributed by atoms with Crippen molar-refractivity contribution in [2.45, 2.75) is 38.1 Å². The van der Waals surface area contributed by atoms with Crippen molar-refractivity contribution in [1.82, 2.24) is 0 Å². The third-order valence-corrected chi connectivity index (χ3v) is 4.90. The van der Waals surface area contributed by atoms with Gasteiger partial charge in [0.2, 0.25) is 0 Å². The van der Waals surface area contributed by atoms with E-state index in [0.717, 1.165) is 0 Å². The molecule has 2 aliphatic carbocycles. The van der Waals surface area contributed by atoms with E-state index in [-0.39, 0.29) is 6.04 Å². The number of hydrogen-bond donors (Lipinski definition) is 0. The van der Waals surface area contributed by atoms with E-state index in [1.807, 2.05) is 0 Å². The molecule has 0 N–H and O–H groups in total. The minimum Gasteiger partial charge on any atom is -0.284 e. The molecular formula is C20H21N. The van der Waals surface area contributed by atoms with Gasteiger partial charge in [0.25, 0.3) is 0 Å². The molecule has 106 valence electrons. The summed E-state index contributed by atoms with van der Waals surface area (Å²) in [6.07, 6.45) is 9.03. The van der Waals surface area contributed by atoms with Gasteiger partial charge >= 0.3 is 0 Å². The summed E-state index contributed by atoms with van der Waals surface area (Å²) < 4.78 is 0. The van der Waals surface area contributed by atoms with Crippen LogP contribution in [0.1, 0.15) is 49.3 Å². The normalized spacial score (nSPS) is 18.9. The van der Waals surface area contributed by atoms with Gasteiger partial charge in [0.05, 0.1) is 0 Å². The summed E-state index contributed by atoms with van der Waals surface area (Å²) in [6, 6.07) is 17.7. The van der Waals surface area contributed by atoms with E-state index in [2.05, 4.69) is 54.7 Å². The van der Waals surface area contributed by atoms with Crippen LogP contribution in [0.4, 0.5) is 0 Å². The molecule has 1 saturated carbocycles. The first-order chi connectivity index (χ1) is 10.4. The summed E-state index contributed by atoms with van der Waals surface area (Å²) in [7, 11) is 0. The fourth-order valence-corrected chi connectivity index (χ4v) is 3.78. The van der Waals surface area contributed by atoms with E-state index in [4.69, 9.17) is 4.99 Å². The largest absolute Gasteiger partial charge is 0.284 e. The molecule has 0 aliphatic heterocycles. The number of hydrogen-bond acceptors (Lipinski definition) is 1. The first-order valence-corrected chi connectivity index (χ1v) is 8.15. The fraction of sp³-hybridized carbons (Fsp3) is 0.350. The van der Waals surface area contributed by atoms with Crippen LogP contribution in [-0.4, -0.2) is 6.21 Å². The van der Waals surface area contributed by atoms with E-state index in [1.165, 1.54) is 54.4 Å². The number of fused-ring (bicyclic) bond motifs is 3. The van der Waals surface area contributed by atoms with E-state index < -0.39 is 0 Å². The predicted octanol–water partition coefficient (Wildman–Crippen LogP) is 5.41. The second-order valence-electron chi connectivity index (χ2n) is 6.27. The van der Waals surface area contributed by atoms with Gasteiger partial charge < -0.3 is 0 Å². The Morgan fingerprint density at radius 3 is 1.95 bits per heavy atom. The molecule has 2 aliphatic rings. The van der Waals surface area contributed by atoms with Crippen molar-refractivity contribution in [3.63, 3.8) is 0 Å². The Bertz CT molecular complexity index is 620. The van der Waals surface area contributed by atoms with E-state index >= 15 is 0 Å². The highest BCUT2D eigenvalue weighted by Gasteiger charge is 2.27. The SMILES string of the molecule is C(=NC1c2ccccc2-c2ccccc21)C1CCCCC1. The lowest BCUT2D eigenvalue weighted by Gasteiger charge is -2.18. The topological polar surface area (TPSA) is 12.4 Å². The molecule has 0 heterocycles. The van der Waals surface area contributed by atoms with Crippen molar-refractivity contribution in [2.24, 2.45) is 10.9 Å². The van der Waals surface area contributed by atoms with Gasteiger partial charge in [0, 0.05) is 6.21 Å². The molecule has 0 saturated heterocycles. The zero-order valence-electron chi connectivity index (χ0n) is 12.3. The molecule has 21 heavy (non-hydrogen) atoms. The van der Waals surface area contributed by atoms with Crippen molar-refractivity contribution < 1.29 is 0 Å². The summed E-state index contributed by atoms with van der Waals surface area (Å²) in [5.41, 5.74) is 5.45. The van der Waals surface area contributed by atoms with Crippen molar-refractivity contribution in [3.8, 4) is 11.1 Å². The summed E-state index contributed by atoms with van der Waals surface area (Å²) in [4.78, 5) is 5.00. The summed E-state index contributed by atoms with van der Waals surface area (Å²) in [5.74, 6) is 0.693. The number of nitrogens with zero attached hydrogens (tertiary/aromatic N) is 1. The van der Waals surface area contributed by atoms with Gasteiger partial charge in [-0.2, -0.15) is 0 Å². The minimum absolute atomic E-state index is 0.208. The molecule has 1 fully saturated rings. The highest BCUT2D eigenvalue weighted by molar-refractivity contribution is 5.79. The maximum Gasteiger partial charge on any atom is 0.101 e. The summed E-state index contributed by atoms with van der Waals surface area (Å²) in [6.45, 7) is 0. The predicted molar refractivity (Wildman–Crippen MR) is 88.8 cm³/mol. The molecule has 2 aromatic rings. The third kappa shape index (κ3) is 2.31. The fourth-order valence-electron chi connectivity index (χ4n) is 3.78. The minimum atomic E-state index is 0.208. The average Bonchev–Trinajstić information content (AvgIpc) is 2.88. The van der Waals surface area contributed by atoms with Gasteiger partial charge in [-0.15, -0.1) is 0 Å². The molecule has 0 radical (unpaired) electrons. The molecule has 0 unspecified atom stereocenters. The van der Waals surface area contributed by atoms with Crippen LogP contribution in [0.5, 0.6) is 0 Å². The molecule has 0 amide bonds. The average molecular weight is 275 g/mol. The monoisotopic (exact) mass is 275 g/mol. The van der Waals surface area contributed by atoms with Gasteiger partial charge in [0.1, 0.15) is 6.04 Å². The molecule has 0 spiro atoms. The molecule has 2 aromatic carbocycles. The van der Waals surface area contributed by atoms with Crippen LogP contribution in [0.3, 0.4) is 0 Å². The zero-order chi connectivity index (χ0) is 14.1. The molecular weight excluding hydrogens is 254 g/mol. The first-order valence-electron chi connectivity index (χ1n) is 8.15. The second-order valence-corrected chi connectivity index (χ2v) is 6.27. The van der Waals surface area contributed by atoms with Crippen LogP contribution >= 0.6 is 0 Å². The molecule has 1 nitrogen and oxygen atoms in total. The molecule has 1 heteroatoms. The molecule has 0 aromatic heterocycles. The number of benzene rings is 2.